The highest BCUT2D eigenvalue weighted by Crippen LogP contribution is 2.44. The summed E-state index contributed by atoms with van der Waals surface area (Å²) in [5, 5.41) is 6.95. The fourth-order valence-corrected chi connectivity index (χ4v) is 10.5. The van der Waals surface area contributed by atoms with Crippen molar-refractivity contribution in [2.75, 3.05) is 0 Å². The summed E-state index contributed by atoms with van der Waals surface area (Å²) in [4.78, 5) is 21.0. The molecule has 4 heterocycles. The lowest BCUT2D eigenvalue weighted by Gasteiger charge is -2.13. The molecule has 5 nitrogen and oxygen atoms in total. The van der Waals surface area contributed by atoms with Crippen molar-refractivity contribution in [2.45, 2.75) is 0 Å². The molecule has 266 valence electrons. The van der Waals surface area contributed by atoms with Crippen molar-refractivity contribution in [1.82, 2.24) is 19.9 Å². The van der Waals surface area contributed by atoms with Crippen molar-refractivity contribution in [2.24, 2.45) is 0 Å². The van der Waals surface area contributed by atoms with E-state index in [4.69, 9.17) is 24.4 Å². The van der Waals surface area contributed by atoms with Crippen LogP contribution in [0.4, 0.5) is 0 Å². The van der Waals surface area contributed by atoms with Gasteiger partial charge in [-0.1, -0.05) is 121 Å². The second kappa shape index (κ2) is 12.7. The molecule has 0 bridgehead atoms. The summed E-state index contributed by atoms with van der Waals surface area (Å²) in [5.74, 6) is 2.51. The molecule has 12 aromatic rings. The molecule has 0 unspecified atom stereocenters. The molecule has 57 heavy (non-hydrogen) atoms. The first-order chi connectivity index (χ1) is 28.2. The molecule has 12 rings (SSSR count). The SMILES string of the molecule is c1ccc(-c2nc3c(ccc4sc5ccc6ccc(-c7nc(-c8ccccc8-c8ccccc8)nc(-c8cccc9c8sc8ccccc89)n7)cc6c5c43)o2)cc1. The van der Waals surface area contributed by atoms with Gasteiger partial charge in [-0.15, -0.1) is 22.7 Å². The first kappa shape index (κ1) is 32.2. The van der Waals surface area contributed by atoms with E-state index in [1.807, 2.05) is 42.5 Å². The van der Waals surface area contributed by atoms with Gasteiger partial charge in [0.05, 0.1) is 0 Å². The van der Waals surface area contributed by atoms with E-state index in [2.05, 4.69) is 127 Å². The molecule has 7 heteroatoms. The molecule has 4 aromatic heterocycles. The third kappa shape index (κ3) is 5.20. The van der Waals surface area contributed by atoms with E-state index in [-0.39, 0.29) is 0 Å². The third-order valence-electron chi connectivity index (χ3n) is 10.8. The highest BCUT2D eigenvalue weighted by Gasteiger charge is 2.21. The number of fused-ring (bicyclic) bond motifs is 10. The molecule has 0 N–H and O–H groups in total. The summed E-state index contributed by atoms with van der Waals surface area (Å²) >= 11 is 3.56. The van der Waals surface area contributed by atoms with Crippen molar-refractivity contribution in [1.29, 1.82) is 0 Å². The molecule has 0 aliphatic carbocycles. The highest BCUT2D eigenvalue weighted by molar-refractivity contribution is 7.26. The Morgan fingerprint density at radius 1 is 0.386 bits per heavy atom. The molecule has 0 spiro atoms. The lowest BCUT2D eigenvalue weighted by atomic mass is 9.99. The Morgan fingerprint density at radius 3 is 1.89 bits per heavy atom. The molecule has 8 aromatic carbocycles. The van der Waals surface area contributed by atoms with Crippen LogP contribution in [-0.4, -0.2) is 19.9 Å². The van der Waals surface area contributed by atoms with E-state index in [0.717, 1.165) is 70.7 Å². The van der Waals surface area contributed by atoms with Crippen molar-refractivity contribution in [3.8, 4) is 56.7 Å². The van der Waals surface area contributed by atoms with Gasteiger partial charge in [0.2, 0.25) is 5.89 Å². The van der Waals surface area contributed by atoms with Crippen LogP contribution < -0.4 is 0 Å². The van der Waals surface area contributed by atoms with Crippen molar-refractivity contribution in [3.63, 3.8) is 0 Å². The summed E-state index contributed by atoms with van der Waals surface area (Å²) < 4.78 is 11.1. The average Bonchev–Trinajstić information content (AvgIpc) is 4.00. The number of rotatable bonds is 5. The maximum Gasteiger partial charge on any atom is 0.227 e. The fourth-order valence-electron chi connectivity index (χ4n) is 8.12. The molecule has 0 saturated carbocycles. The Morgan fingerprint density at radius 2 is 1.04 bits per heavy atom. The summed E-state index contributed by atoms with van der Waals surface area (Å²) in [6.07, 6.45) is 0. The molecule has 0 radical (unpaired) electrons. The molecular formula is C50H28N4OS2. The predicted molar refractivity (Wildman–Crippen MR) is 238 cm³/mol. The smallest absolute Gasteiger partial charge is 0.227 e. The topological polar surface area (TPSA) is 64.7 Å². The van der Waals surface area contributed by atoms with Gasteiger partial charge in [0.25, 0.3) is 0 Å². The van der Waals surface area contributed by atoms with Crippen molar-refractivity contribution in [3.05, 3.63) is 170 Å². The number of thiophene rings is 2. The maximum atomic E-state index is 6.35. The van der Waals surface area contributed by atoms with Gasteiger partial charge in [-0.3, -0.25) is 0 Å². The monoisotopic (exact) mass is 764 g/mol. The fraction of sp³-hybridized carbons (Fsp3) is 0. The van der Waals surface area contributed by atoms with Crippen LogP contribution in [0.15, 0.2) is 174 Å². The number of hydrogen-bond donors (Lipinski definition) is 0. The molecule has 0 saturated heterocycles. The minimum absolute atomic E-state index is 0.618. The summed E-state index contributed by atoms with van der Waals surface area (Å²) in [7, 11) is 0. The van der Waals surface area contributed by atoms with Gasteiger partial charge >= 0.3 is 0 Å². The van der Waals surface area contributed by atoms with E-state index in [9.17, 15) is 0 Å². The molecule has 0 amide bonds. The summed E-state index contributed by atoms with van der Waals surface area (Å²) in [6, 6.07) is 59.1. The lowest BCUT2D eigenvalue weighted by molar-refractivity contribution is 0.620. The van der Waals surface area contributed by atoms with Crippen LogP contribution in [0.5, 0.6) is 0 Å². The van der Waals surface area contributed by atoms with Gasteiger partial charge in [-0.05, 0) is 70.4 Å². The van der Waals surface area contributed by atoms with Crippen LogP contribution in [0.25, 0.3) is 119 Å². The largest absolute Gasteiger partial charge is 0.436 e. The zero-order valence-corrected chi connectivity index (χ0v) is 31.8. The minimum atomic E-state index is 0.618. The summed E-state index contributed by atoms with van der Waals surface area (Å²) in [5.41, 5.74) is 7.63. The van der Waals surface area contributed by atoms with Gasteiger partial charge in [0, 0.05) is 62.6 Å². The Kier molecular flexibility index (Phi) is 7.20. The van der Waals surface area contributed by atoms with Gasteiger partial charge in [-0.25, -0.2) is 19.9 Å². The lowest BCUT2D eigenvalue weighted by Crippen LogP contribution is -2.01. The number of benzene rings is 8. The Labute approximate surface area is 334 Å². The number of oxazole rings is 1. The van der Waals surface area contributed by atoms with Gasteiger partial charge in [-0.2, -0.15) is 0 Å². The summed E-state index contributed by atoms with van der Waals surface area (Å²) in [6.45, 7) is 0. The number of hydrogen-bond acceptors (Lipinski definition) is 7. The molecule has 0 atom stereocenters. The first-order valence-electron chi connectivity index (χ1n) is 18.8. The van der Waals surface area contributed by atoms with Crippen LogP contribution >= 0.6 is 22.7 Å². The van der Waals surface area contributed by atoms with Crippen LogP contribution in [0.1, 0.15) is 0 Å². The Balaban J connectivity index is 1.11. The molecule has 0 aliphatic rings. The molecule has 0 aliphatic heterocycles. The second-order valence-electron chi connectivity index (χ2n) is 14.1. The quantitative estimate of drug-likeness (QED) is 0.175. The first-order valence-corrected chi connectivity index (χ1v) is 20.4. The number of nitrogens with zero attached hydrogens (tertiary/aromatic N) is 4. The van der Waals surface area contributed by atoms with Crippen molar-refractivity contribution >= 4 is 84.9 Å². The van der Waals surface area contributed by atoms with Crippen molar-refractivity contribution < 1.29 is 4.42 Å². The van der Waals surface area contributed by atoms with Gasteiger partial charge in [0.15, 0.2) is 23.1 Å². The van der Waals surface area contributed by atoms with Gasteiger partial charge in [0.1, 0.15) is 5.52 Å². The molecular weight excluding hydrogens is 737 g/mol. The standard InChI is InChI=1S/C50H28N4OS2/c1-3-12-29(13-4-1)33-16-7-8-18-36(33)48-52-47(53-49(54-48)37-20-11-19-35-34-17-9-10-21-40(34)57-46(35)37)32-23-22-30-24-26-41-43(38(30)28-32)44-42(56-41)27-25-39-45(44)51-50(55-39)31-14-5-2-6-15-31/h1-28H. The van der Waals surface area contributed by atoms with E-state index >= 15 is 0 Å². The van der Waals surface area contributed by atoms with Crippen LogP contribution in [0.2, 0.25) is 0 Å². The third-order valence-corrected chi connectivity index (χ3v) is 13.1. The zero-order chi connectivity index (χ0) is 37.5. The Bertz CT molecular complexity index is 3530. The normalized spacial score (nSPS) is 11.9. The van der Waals surface area contributed by atoms with E-state index in [0.29, 0.717) is 23.4 Å². The van der Waals surface area contributed by atoms with E-state index in [1.54, 1.807) is 22.7 Å². The molecule has 0 fully saturated rings. The van der Waals surface area contributed by atoms with Crippen LogP contribution in [0, 0.1) is 0 Å². The predicted octanol–water partition coefficient (Wildman–Crippen LogP) is 14.2. The van der Waals surface area contributed by atoms with E-state index < -0.39 is 0 Å². The minimum Gasteiger partial charge on any atom is -0.436 e. The highest BCUT2D eigenvalue weighted by atomic mass is 32.1. The van der Waals surface area contributed by atoms with Crippen LogP contribution in [-0.2, 0) is 0 Å². The maximum absolute atomic E-state index is 6.35. The average molecular weight is 765 g/mol. The van der Waals surface area contributed by atoms with E-state index in [1.165, 1.54) is 24.9 Å². The van der Waals surface area contributed by atoms with Gasteiger partial charge < -0.3 is 4.42 Å². The Hall–Kier alpha value is -7.06. The number of aromatic nitrogens is 4. The van der Waals surface area contributed by atoms with Crippen LogP contribution in [0.3, 0.4) is 0 Å². The zero-order valence-electron chi connectivity index (χ0n) is 30.2. The second-order valence-corrected chi connectivity index (χ2v) is 16.3.